The highest BCUT2D eigenvalue weighted by atomic mass is 16.5. The van der Waals surface area contributed by atoms with E-state index >= 15 is 0 Å². The minimum Gasteiger partial charge on any atom is -0.497 e. The molecule has 0 bridgehead atoms. The Bertz CT molecular complexity index is 699. The Labute approximate surface area is 150 Å². The number of rotatable bonds is 5. The van der Waals surface area contributed by atoms with Crippen molar-refractivity contribution in [2.45, 2.75) is 18.8 Å². The zero-order valence-corrected chi connectivity index (χ0v) is 15.1. The van der Waals surface area contributed by atoms with Crippen LogP contribution in [0, 0.1) is 0 Å². The Kier molecular flexibility index (Phi) is 5.94. The Morgan fingerprint density at radius 2 is 2.04 bits per heavy atom. The summed E-state index contributed by atoms with van der Waals surface area (Å²) in [5, 5.41) is 3.50. The van der Waals surface area contributed by atoms with Crippen molar-refractivity contribution in [3.63, 3.8) is 0 Å². The number of methoxy groups -OCH3 is 1. The molecule has 25 heavy (non-hydrogen) atoms. The van der Waals surface area contributed by atoms with E-state index in [2.05, 4.69) is 57.7 Å². The first kappa shape index (κ1) is 17.3. The van der Waals surface area contributed by atoms with Gasteiger partial charge < -0.3 is 15.0 Å². The molecule has 1 heterocycles. The van der Waals surface area contributed by atoms with Gasteiger partial charge in [0.15, 0.2) is 5.96 Å². The second-order valence-corrected chi connectivity index (χ2v) is 6.42. The average Bonchev–Trinajstić information content (AvgIpc) is 3.16. The Morgan fingerprint density at radius 1 is 1.20 bits per heavy atom. The van der Waals surface area contributed by atoms with Gasteiger partial charge in [-0.05, 0) is 36.1 Å². The lowest BCUT2D eigenvalue weighted by Gasteiger charge is -2.22. The van der Waals surface area contributed by atoms with Gasteiger partial charge in [-0.25, -0.2) is 0 Å². The standard InChI is InChI=1S/C21H27N3O/c1-22-21(23-13-11-17-7-6-10-20(15-17)25-2)24-14-12-19(16-24)18-8-4-3-5-9-18/h3-10,15,19H,11-14,16H2,1-2H3,(H,22,23). The number of hydrogen-bond donors (Lipinski definition) is 1. The molecule has 0 aromatic heterocycles. The Hall–Kier alpha value is -2.49. The maximum Gasteiger partial charge on any atom is 0.193 e. The molecule has 1 atom stereocenters. The van der Waals surface area contributed by atoms with E-state index in [4.69, 9.17) is 4.74 Å². The number of nitrogens with zero attached hydrogens (tertiary/aromatic N) is 2. The summed E-state index contributed by atoms with van der Waals surface area (Å²) in [5.74, 6) is 2.51. The topological polar surface area (TPSA) is 36.9 Å². The highest BCUT2D eigenvalue weighted by molar-refractivity contribution is 5.80. The van der Waals surface area contributed by atoms with E-state index in [0.717, 1.165) is 37.8 Å². The molecule has 1 aliphatic heterocycles. The fourth-order valence-electron chi connectivity index (χ4n) is 3.43. The van der Waals surface area contributed by atoms with Crippen LogP contribution in [-0.2, 0) is 6.42 Å². The molecule has 4 nitrogen and oxygen atoms in total. The number of aliphatic imine (C=N–C) groups is 1. The third-order valence-electron chi connectivity index (χ3n) is 4.80. The number of likely N-dealkylation sites (tertiary alicyclic amines) is 1. The van der Waals surface area contributed by atoms with Gasteiger partial charge in [-0.15, -0.1) is 0 Å². The molecule has 0 amide bonds. The lowest BCUT2D eigenvalue weighted by molar-refractivity contribution is 0.414. The smallest absolute Gasteiger partial charge is 0.193 e. The fourth-order valence-corrected chi connectivity index (χ4v) is 3.43. The van der Waals surface area contributed by atoms with Crippen molar-refractivity contribution in [2.75, 3.05) is 33.8 Å². The third-order valence-corrected chi connectivity index (χ3v) is 4.80. The molecule has 1 aliphatic rings. The predicted octanol–water partition coefficient (Wildman–Crippen LogP) is 3.30. The minimum atomic E-state index is 0.595. The summed E-state index contributed by atoms with van der Waals surface area (Å²) in [6.07, 6.45) is 2.13. The zero-order valence-electron chi connectivity index (χ0n) is 15.1. The van der Waals surface area contributed by atoms with Crippen LogP contribution in [0.5, 0.6) is 5.75 Å². The molecule has 1 N–H and O–H groups in total. The second-order valence-electron chi connectivity index (χ2n) is 6.42. The summed E-state index contributed by atoms with van der Waals surface area (Å²) in [7, 11) is 3.57. The van der Waals surface area contributed by atoms with Gasteiger partial charge >= 0.3 is 0 Å². The van der Waals surface area contributed by atoms with Gasteiger partial charge in [-0.1, -0.05) is 42.5 Å². The maximum atomic E-state index is 5.29. The minimum absolute atomic E-state index is 0.595. The molecule has 0 spiro atoms. The molecule has 2 aromatic rings. The SMILES string of the molecule is CN=C(NCCc1cccc(OC)c1)N1CCC(c2ccccc2)C1. The molecule has 132 valence electrons. The first-order valence-electron chi connectivity index (χ1n) is 8.93. The number of ether oxygens (including phenoxy) is 1. The largest absolute Gasteiger partial charge is 0.497 e. The first-order chi connectivity index (χ1) is 12.3. The summed E-state index contributed by atoms with van der Waals surface area (Å²) in [6.45, 7) is 2.95. The van der Waals surface area contributed by atoms with Crippen LogP contribution in [0.3, 0.4) is 0 Å². The number of guanidine groups is 1. The van der Waals surface area contributed by atoms with E-state index in [1.807, 2.05) is 19.2 Å². The third kappa shape index (κ3) is 4.53. The van der Waals surface area contributed by atoms with Crippen molar-refractivity contribution < 1.29 is 4.74 Å². The van der Waals surface area contributed by atoms with Crippen molar-refractivity contribution in [2.24, 2.45) is 4.99 Å². The monoisotopic (exact) mass is 337 g/mol. The van der Waals surface area contributed by atoms with Crippen LogP contribution in [0.1, 0.15) is 23.5 Å². The second kappa shape index (κ2) is 8.56. The number of hydrogen-bond acceptors (Lipinski definition) is 2. The number of nitrogens with one attached hydrogen (secondary N) is 1. The highest BCUT2D eigenvalue weighted by Gasteiger charge is 2.25. The van der Waals surface area contributed by atoms with Crippen molar-refractivity contribution in [1.82, 2.24) is 10.2 Å². The van der Waals surface area contributed by atoms with Gasteiger partial charge in [0, 0.05) is 32.6 Å². The normalized spacial score (nSPS) is 17.6. The van der Waals surface area contributed by atoms with Gasteiger partial charge in [0.05, 0.1) is 7.11 Å². The zero-order chi connectivity index (χ0) is 17.5. The average molecular weight is 337 g/mol. The molecule has 0 saturated carbocycles. The predicted molar refractivity (Wildman–Crippen MR) is 103 cm³/mol. The summed E-state index contributed by atoms with van der Waals surface area (Å²) in [6, 6.07) is 19.0. The lowest BCUT2D eigenvalue weighted by atomic mass is 9.99. The Morgan fingerprint density at radius 3 is 2.80 bits per heavy atom. The van der Waals surface area contributed by atoms with Crippen LogP contribution in [-0.4, -0.2) is 44.7 Å². The lowest BCUT2D eigenvalue weighted by Crippen LogP contribution is -2.40. The Balaban J connectivity index is 1.51. The number of benzene rings is 2. The van der Waals surface area contributed by atoms with Crippen molar-refractivity contribution in [3.05, 3.63) is 65.7 Å². The summed E-state index contributed by atoms with van der Waals surface area (Å²) < 4.78 is 5.29. The molecular weight excluding hydrogens is 310 g/mol. The van der Waals surface area contributed by atoms with Crippen LogP contribution in [0.2, 0.25) is 0 Å². The van der Waals surface area contributed by atoms with Crippen LogP contribution in [0.4, 0.5) is 0 Å². The van der Waals surface area contributed by atoms with Crippen molar-refractivity contribution >= 4 is 5.96 Å². The summed E-state index contributed by atoms with van der Waals surface area (Å²) in [5.41, 5.74) is 2.70. The fraction of sp³-hybridized carbons (Fsp3) is 0.381. The highest BCUT2D eigenvalue weighted by Crippen LogP contribution is 2.26. The van der Waals surface area contributed by atoms with E-state index in [9.17, 15) is 0 Å². The van der Waals surface area contributed by atoms with Crippen LogP contribution in [0.25, 0.3) is 0 Å². The molecule has 2 aromatic carbocycles. The first-order valence-corrected chi connectivity index (χ1v) is 8.93. The van der Waals surface area contributed by atoms with Crippen LogP contribution < -0.4 is 10.1 Å². The molecule has 1 fully saturated rings. The molecule has 1 saturated heterocycles. The summed E-state index contributed by atoms with van der Waals surface area (Å²) in [4.78, 5) is 6.83. The van der Waals surface area contributed by atoms with E-state index in [0.29, 0.717) is 5.92 Å². The van der Waals surface area contributed by atoms with Crippen molar-refractivity contribution in [1.29, 1.82) is 0 Å². The molecule has 0 radical (unpaired) electrons. The van der Waals surface area contributed by atoms with E-state index in [1.54, 1.807) is 7.11 Å². The van der Waals surface area contributed by atoms with Crippen LogP contribution >= 0.6 is 0 Å². The van der Waals surface area contributed by atoms with Gasteiger partial charge in [0.25, 0.3) is 0 Å². The van der Waals surface area contributed by atoms with Gasteiger partial charge in [-0.2, -0.15) is 0 Å². The summed E-state index contributed by atoms with van der Waals surface area (Å²) >= 11 is 0. The maximum absolute atomic E-state index is 5.29. The van der Waals surface area contributed by atoms with Gasteiger partial charge in [-0.3, -0.25) is 4.99 Å². The van der Waals surface area contributed by atoms with Crippen LogP contribution in [0.15, 0.2) is 59.6 Å². The van der Waals surface area contributed by atoms with E-state index in [-0.39, 0.29) is 0 Å². The molecule has 1 unspecified atom stereocenters. The van der Waals surface area contributed by atoms with Gasteiger partial charge in [0.1, 0.15) is 5.75 Å². The van der Waals surface area contributed by atoms with Crippen molar-refractivity contribution in [3.8, 4) is 5.75 Å². The quantitative estimate of drug-likeness (QED) is 0.672. The van der Waals surface area contributed by atoms with E-state index in [1.165, 1.54) is 17.5 Å². The van der Waals surface area contributed by atoms with E-state index < -0.39 is 0 Å². The molecule has 4 heteroatoms. The molecule has 3 rings (SSSR count). The van der Waals surface area contributed by atoms with Gasteiger partial charge in [0.2, 0.25) is 0 Å². The molecule has 0 aliphatic carbocycles. The molecular formula is C21H27N3O.